The molecule has 0 amide bonds. The van der Waals surface area contributed by atoms with E-state index >= 15 is 0 Å². The molecule has 3 heteroatoms. The minimum absolute atomic E-state index is 0.634. The molecule has 0 aliphatic carbocycles. The van der Waals surface area contributed by atoms with Crippen LogP contribution in [0.5, 0.6) is 0 Å². The molecule has 0 unspecified atom stereocenters. The predicted molar refractivity (Wildman–Crippen MR) is 121 cm³/mol. The van der Waals surface area contributed by atoms with Crippen LogP contribution in [-0.2, 0) is 5.75 Å². The van der Waals surface area contributed by atoms with Crippen molar-refractivity contribution in [1.29, 1.82) is 5.26 Å². The highest BCUT2D eigenvalue weighted by Crippen LogP contribution is 2.35. The fraction of sp³-hybridized carbons (Fsp3) is 0.0769. The average molecular weight is 393 g/mol. The summed E-state index contributed by atoms with van der Waals surface area (Å²) in [6.45, 7) is 2.12. The van der Waals surface area contributed by atoms with Gasteiger partial charge in [0.15, 0.2) is 0 Å². The Hall–Kier alpha value is -3.35. The van der Waals surface area contributed by atoms with E-state index in [0.29, 0.717) is 5.56 Å². The molecule has 0 aliphatic heterocycles. The lowest BCUT2D eigenvalue weighted by Gasteiger charge is -2.13. The lowest BCUT2D eigenvalue weighted by Crippen LogP contribution is -1.96. The van der Waals surface area contributed by atoms with E-state index in [4.69, 9.17) is 4.98 Å². The number of nitrogens with zero attached hydrogens (tertiary/aromatic N) is 2. The smallest absolute Gasteiger partial charge is 0.115 e. The first-order valence-electron chi connectivity index (χ1n) is 9.49. The molecular formula is C26H20N2S. The summed E-state index contributed by atoms with van der Waals surface area (Å²) in [5, 5.41) is 10.7. The van der Waals surface area contributed by atoms with Crippen LogP contribution in [-0.4, -0.2) is 4.98 Å². The molecule has 0 fully saturated rings. The Labute approximate surface area is 175 Å². The summed E-state index contributed by atoms with van der Waals surface area (Å²) < 4.78 is 0. The zero-order chi connectivity index (χ0) is 20.1. The summed E-state index contributed by atoms with van der Waals surface area (Å²) in [5.74, 6) is 0.779. The SMILES string of the molecule is Cc1ccccc1CSc1nc(-c2ccccc2)cc(-c2ccccc2)c1C#N. The second-order valence-corrected chi connectivity index (χ2v) is 7.76. The standard InChI is InChI=1S/C26H20N2S/c1-19-10-8-9-15-22(19)18-29-26-24(17-27)23(20-11-4-2-5-12-20)16-25(28-26)21-13-6-3-7-14-21/h2-16H,18H2,1H3. The lowest BCUT2D eigenvalue weighted by atomic mass is 9.99. The van der Waals surface area contributed by atoms with E-state index in [-0.39, 0.29) is 0 Å². The molecule has 0 radical (unpaired) electrons. The number of thioether (sulfide) groups is 1. The van der Waals surface area contributed by atoms with Crippen molar-refractivity contribution < 1.29 is 0 Å². The van der Waals surface area contributed by atoms with Crippen LogP contribution in [0.2, 0.25) is 0 Å². The molecule has 1 aromatic heterocycles. The largest absolute Gasteiger partial charge is 0.240 e. The van der Waals surface area contributed by atoms with Gasteiger partial charge in [0.25, 0.3) is 0 Å². The number of benzene rings is 3. The van der Waals surface area contributed by atoms with Gasteiger partial charge in [-0.1, -0.05) is 84.9 Å². The van der Waals surface area contributed by atoms with E-state index in [2.05, 4.69) is 43.3 Å². The summed E-state index contributed by atoms with van der Waals surface area (Å²) in [4.78, 5) is 4.89. The van der Waals surface area contributed by atoms with Crippen molar-refractivity contribution >= 4 is 11.8 Å². The maximum atomic E-state index is 9.97. The third-order valence-electron chi connectivity index (χ3n) is 4.88. The van der Waals surface area contributed by atoms with E-state index in [1.54, 1.807) is 11.8 Å². The first-order chi connectivity index (χ1) is 14.3. The van der Waals surface area contributed by atoms with Gasteiger partial charge in [-0.05, 0) is 29.7 Å². The van der Waals surface area contributed by atoms with Gasteiger partial charge in [0.2, 0.25) is 0 Å². The molecule has 29 heavy (non-hydrogen) atoms. The highest BCUT2D eigenvalue weighted by atomic mass is 32.2. The quantitative estimate of drug-likeness (QED) is 0.347. The number of hydrogen-bond acceptors (Lipinski definition) is 3. The molecule has 2 nitrogen and oxygen atoms in total. The zero-order valence-corrected chi connectivity index (χ0v) is 17.0. The first kappa shape index (κ1) is 19.0. The van der Waals surface area contributed by atoms with E-state index in [9.17, 15) is 5.26 Å². The molecule has 4 aromatic rings. The molecule has 0 aliphatic rings. The normalized spacial score (nSPS) is 10.5. The Balaban J connectivity index is 1.82. The fourth-order valence-electron chi connectivity index (χ4n) is 3.25. The van der Waals surface area contributed by atoms with Crippen molar-refractivity contribution in [2.24, 2.45) is 0 Å². The zero-order valence-electron chi connectivity index (χ0n) is 16.2. The molecule has 3 aromatic carbocycles. The molecule has 0 bridgehead atoms. The number of hydrogen-bond donors (Lipinski definition) is 0. The second kappa shape index (κ2) is 8.77. The highest BCUT2D eigenvalue weighted by Gasteiger charge is 2.16. The van der Waals surface area contributed by atoms with Crippen LogP contribution in [0.15, 0.2) is 96.0 Å². The molecule has 140 valence electrons. The number of aryl methyl sites for hydroxylation is 1. The van der Waals surface area contributed by atoms with Gasteiger partial charge in [-0.25, -0.2) is 4.98 Å². The summed E-state index contributed by atoms with van der Waals surface area (Å²) in [6, 6.07) is 33.0. The van der Waals surface area contributed by atoms with Crippen LogP contribution in [0.3, 0.4) is 0 Å². The van der Waals surface area contributed by atoms with E-state index in [0.717, 1.165) is 33.2 Å². The van der Waals surface area contributed by atoms with Crippen LogP contribution in [0.1, 0.15) is 16.7 Å². The monoisotopic (exact) mass is 392 g/mol. The second-order valence-electron chi connectivity index (χ2n) is 6.79. The van der Waals surface area contributed by atoms with Gasteiger partial charge in [-0.3, -0.25) is 0 Å². The van der Waals surface area contributed by atoms with Crippen LogP contribution < -0.4 is 0 Å². The maximum Gasteiger partial charge on any atom is 0.115 e. The van der Waals surface area contributed by atoms with Gasteiger partial charge in [0.1, 0.15) is 11.1 Å². The Morgan fingerprint density at radius 1 is 0.828 bits per heavy atom. The minimum atomic E-state index is 0.634. The minimum Gasteiger partial charge on any atom is -0.240 e. The molecule has 0 N–H and O–H groups in total. The summed E-state index contributed by atoms with van der Waals surface area (Å²) in [6.07, 6.45) is 0. The Morgan fingerprint density at radius 3 is 2.10 bits per heavy atom. The number of nitriles is 1. The topological polar surface area (TPSA) is 36.7 Å². The Kier molecular flexibility index (Phi) is 5.74. The van der Waals surface area contributed by atoms with Gasteiger partial charge >= 0.3 is 0 Å². The van der Waals surface area contributed by atoms with Crippen molar-refractivity contribution in [3.63, 3.8) is 0 Å². The average Bonchev–Trinajstić information content (AvgIpc) is 2.79. The molecule has 0 saturated heterocycles. The van der Waals surface area contributed by atoms with Gasteiger partial charge in [-0.2, -0.15) is 5.26 Å². The Morgan fingerprint density at radius 2 is 1.45 bits per heavy atom. The van der Waals surface area contributed by atoms with E-state index < -0.39 is 0 Å². The molecule has 4 rings (SSSR count). The highest BCUT2D eigenvalue weighted by molar-refractivity contribution is 7.98. The van der Waals surface area contributed by atoms with Crippen LogP contribution in [0, 0.1) is 18.3 Å². The van der Waals surface area contributed by atoms with E-state index in [1.807, 2.05) is 60.7 Å². The molecule has 0 saturated carbocycles. The number of rotatable bonds is 5. The van der Waals surface area contributed by atoms with Crippen LogP contribution in [0.25, 0.3) is 22.4 Å². The van der Waals surface area contributed by atoms with Crippen LogP contribution >= 0.6 is 11.8 Å². The lowest BCUT2D eigenvalue weighted by molar-refractivity contribution is 1.11. The molecule has 1 heterocycles. The van der Waals surface area contributed by atoms with Gasteiger partial charge < -0.3 is 0 Å². The van der Waals surface area contributed by atoms with Gasteiger partial charge in [-0.15, -0.1) is 11.8 Å². The third kappa shape index (κ3) is 4.23. The molecule has 0 spiro atoms. The van der Waals surface area contributed by atoms with Crippen molar-refractivity contribution in [3.8, 4) is 28.5 Å². The van der Waals surface area contributed by atoms with E-state index in [1.165, 1.54) is 11.1 Å². The van der Waals surface area contributed by atoms with Gasteiger partial charge in [0, 0.05) is 16.9 Å². The molecular weight excluding hydrogens is 372 g/mol. The van der Waals surface area contributed by atoms with Gasteiger partial charge in [0.05, 0.1) is 11.3 Å². The van der Waals surface area contributed by atoms with Crippen molar-refractivity contribution in [2.45, 2.75) is 17.7 Å². The predicted octanol–water partition coefficient (Wildman–Crippen LogP) is 6.89. The Bertz CT molecular complexity index is 1160. The number of pyridine rings is 1. The summed E-state index contributed by atoms with van der Waals surface area (Å²) in [5.41, 5.74) is 7.03. The number of aromatic nitrogens is 1. The first-order valence-corrected chi connectivity index (χ1v) is 10.5. The van der Waals surface area contributed by atoms with Crippen molar-refractivity contribution in [3.05, 3.63) is 108 Å². The third-order valence-corrected chi connectivity index (χ3v) is 5.90. The molecule has 0 atom stereocenters. The van der Waals surface area contributed by atoms with Crippen LogP contribution in [0.4, 0.5) is 0 Å². The maximum absolute atomic E-state index is 9.97. The summed E-state index contributed by atoms with van der Waals surface area (Å²) in [7, 11) is 0. The van der Waals surface area contributed by atoms with Crippen molar-refractivity contribution in [2.75, 3.05) is 0 Å². The summed E-state index contributed by atoms with van der Waals surface area (Å²) >= 11 is 1.62. The fourth-order valence-corrected chi connectivity index (χ4v) is 4.33. The van der Waals surface area contributed by atoms with Crippen molar-refractivity contribution in [1.82, 2.24) is 4.98 Å².